The summed E-state index contributed by atoms with van der Waals surface area (Å²) < 4.78 is 23.6. The molecule has 0 aromatic heterocycles. The number of rotatable bonds is 4. The van der Waals surface area contributed by atoms with Gasteiger partial charge in [0.2, 0.25) is 0 Å². The van der Waals surface area contributed by atoms with Crippen molar-refractivity contribution in [2.45, 2.75) is 19.4 Å². The number of hydrogen-bond donors (Lipinski definition) is 1. The Kier molecular flexibility index (Phi) is 7.56. The van der Waals surface area contributed by atoms with Crippen molar-refractivity contribution >= 4 is 16.5 Å². The second kappa shape index (κ2) is 9.46. The summed E-state index contributed by atoms with van der Waals surface area (Å²) in [5.41, 5.74) is 2.06. The monoisotopic (exact) mass is 319 g/mol. The van der Waals surface area contributed by atoms with Crippen LogP contribution >= 0.6 is 0 Å². The first-order chi connectivity index (χ1) is 10.5. The van der Waals surface area contributed by atoms with Gasteiger partial charge in [0.05, 0.1) is 0 Å². The average Bonchev–Trinajstić information content (AvgIpc) is 2.48. The molecule has 0 bridgehead atoms. The molecule has 0 fully saturated rings. The topological polar surface area (TPSA) is 83.8 Å². The van der Waals surface area contributed by atoms with E-state index in [-0.39, 0.29) is 6.42 Å². The molecule has 0 saturated heterocycles. The Labute approximate surface area is 131 Å². The van der Waals surface area contributed by atoms with E-state index in [1.54, 1.807) is 30.3 Å². The predicted octanol–water partition coefficient (Wildman–Crippen LogP) is 2.74. The van der Waals surface area contributed by atoms with Crippen LogP contribution in [-0.2, 0) is 21.7 Å². The Morgan fingerprint density at radius 1 is 1.05 bits per heavy atom. The summed E-state index contributed by atoms with van der Waals surface area (Å²) in [6.45, 7) is 2.08. The van der Waals surface area contributed by atoms with Crippen molar-refractivity contribution in [3.63, 3.8) is 0 Å². The van der Waals surface area contributed by atoms with Crippen LogP contribution in [0.4, 0.5) is 0 Å². The van der Waals surface area contributed by atoms with Gasteiger partial charge in [0.15, 0.2) is 6.04 Å². The highest BCUT2D eigenvalue weighted by atomic mass is 32.2. The molecule has 0 heterocycles. The summed E-state index contributed by atoms with van der Waals surface area (Å²) in [7, 11) is -2.70. The van der Waals surface area contributed by atoms with Gasteiger partial charge in [-0.2, -0.15) is 12.8 Å². The summed E-state index contributed by atoms with van der Waals surface area (Å²) in [5.74, 6) is -1.25. The van der Waals surface area contributed by atoms with Gasteiger partial charge < -0.3 is 5.11 Å². The summed E-state index contributed by atoms with van der Waals surface area (Å²) in [4.78, 5) is 10.7. The van der Waals surface area contributed by atoms with Gasteiger partial charge in [-0.05, 0) is 12.5 Å². The summed E-state index contributed by atoms with van der Waals surface area (Å²) in [5, 5.41) is 8.72. The van der Waals surface area contributed by atoms with Gasteiger partial charge in [-0.1, -0.05) is 66.2 Å². The third-order valence-corrected chi connectivity index (χ3v) is 3.14. The lowest BCUT2D eigenvalue weighted by atomic mass is 10.1. The first-order valence-electron chi connectivity index (χ1n) is 6.57. The molecule has 0 saturated carbocycles. The van der Waals surface area contributed by atoms with E-state index in [4.69, 9.17) is 5.11 Å². The highest BCUT2D eigenvalue weighted by Crippen LogP contribution is 2.05. The summed E-state index contributed by atoms with van der Waals surface area (Å²) in [6, 6.07) is 17.8. The van der Waals surface area contributed by atoms with E-state index in [0.717, 1.165) is 5.56 Å². The molecule has 0 spiro atoms. The van der Waals surface area contributed by atoms with Gasteiger partial charge in [-0.15, -0.1) is 0 Å². The molecule has 1 N–H and O–H groups in total. The molecule has 22 heavy (non-hydrogen) atoms. The first-order valence-corrected chi connectivity index (χ1v) is 7.61. The minimum absolute atomic E-state index is 0.0736. The molecule has 2 aromatic rings. The maximum atomic E-state index is 10.7. The molecular weight excluding hydrogens is 302 g/mol. The Balaban J connectivity index is 0.000000287. The van der Waals surface area contributed by atoms with Gasteiger partial charge in [0.1, 0.15) is 0 Å². The van der Waals surface area contributed by atoms with Crippen LogP contribution in [0.1, 0.15) is 11.1 Å². The largest absolute Gasteiger partial charge is 0.480 e. The lowest BCUT2D eigenvalue weighted by Crippen LogP contribution is -2.20. The fourth-order valence-electron chi connectivity index (χ4n) is 1.65. The zero-order chi connectivity index (χ0) is 16.4. The number of aliphatic carboxylic acids is 1. The lowest BCUT2D eigenvalue weighted by Gasteiger charge is -2.04. The van der Waals surface area contributed by atoms with Crippen LogP contribution in [0.5, 0.6) is 0 Å². The van der Waals surface area contributed by atoms with Crippen molar-refractivity contribution in [2.24, 2.45) is 4.36 Å². The highest BCUT2D eigenvalue weighted by Gasteiger charge is 2.17. The molecular formula is C16H17NO4S. The van der Waals surface area contributed by atoms with Crippen LogP contribution in [0.3, 0.4) is 0 Å². The van der Waals surface area contributed by atoms with Crippen LogP contribution < -0.4 is 0 Å². The van der Waals surface area contributed by atoms with Gasteiger partial charge in [0, 0.05) is 6.42 Å². The molecule has 0 amide bonds. The Hall–Kier alpha value is -2.47. The number of carbonyl (C=O) groups is 1. The average molecular weight is 319 g/mol. The maximum absolute atomic E-state index is 10.7. The van der Waals surface area contributed by atoms with Crippen LogP contribution in [0.15, 0.2) is 65.0 Å². The molecule has 116 valence electrons. The zero-order valence-electron chi connectivity index (χ0n) is 12.1. The SMILES string of the molecule is Cc1ccccc1.O=C(O)[C@H](Cc1ccccc1)N=S(=O)=O. The van der Waals surface area contributed by atoms with Crippen molar-refractivity contribution in [3.05, 3.63) is 71.8 Å². The minimum Gasteiger partial charge on any atom is -0.480 e. The standard InChI is InChI=1S/C9H9NO4S.C7H8/c11-9(12)8(10-15(13)14)6-7-4-2-1-3-5-7;1-7-5-3-2-4-6-7/h1-5,8H,6H2,(H,11,12);2-6H,1H3/t8-;/m0./s1. The second-order valence-corrected chi connectivity index (χ2v) is 5.17. The number of carboxylic acid groups (broad SMARTS) is 1. The van der Waals surface area contributed by atoms with Crippen molar-refractivity contribution in [1.29, 1.82) is 0 Å². The Bertz CT molecular complexity index is 704. The van der Waals surface area contributed by atoms with Crippen molar-refractivity contribution < 1.29 is 18.3 Å². The Morgan fingerprint density at radius 2 is 1.55 bits per heavy atom. The molecule has 2 aromatic carbocycles. The molecule has 0 unspecified atom stereocenters. The fourth-order valence-corrected chi connectivity index (χ4v) is 2.02. The second-order valence-electron chi connectivity index (χ2n) is 4.52. The summed E-state index contributed by atoms with van der Waals surface area (Å²) in [6.07, 6.45) is 0.0736. The van der Waals surface area contributed by atoms with Gasteiger partial charge in [-0.25, -0.2) is 4.79 Å². The third kappa shape index (κ3) is 7.35. The van der Waals surface area contributed by atoms with Crippen molar-refractivity contribution in [2.75, 3.05) is 0 Å². The van der Waals surface area contributed by atoms with E-state index in [2.05, 4.69) is 23.4 Å². The van der Waals surface area contributed by atoms with Crippen LogP contribution in [0, 0.1) is 6.92 Å². The van der Waals surface area contributed by atoms with E-state index in [1.807, 2.05) is 18.2 Å². The number of nitrogens with zero attached hydrogens (tertiary/aromatic N) is 1. The van der Waals surface area contributed by atoms with Gasteiger partial charge >= 0.3 is 16.5 Å². The van der Waals surface area contributed by atoms with E-state index < -0.39 is 22.5 Å². The van der Waals surface area contributed by atoms with Crippen molar-refractivity contribution in [1.82, 2.24) is 0 Å². The lowest BCUT2D eigenvalue weighted by molar-refractivity contribution is -0.138. The number of benzene rings is 2. The molecule has 0 aliphatic carbocycles. The van der Waals surface area contributed by atoms with E-state index in [9.17, 15) is 13.2 Å². The molecule has 5 nitrogen and oxygen atoms in total. The number of aryl methyl sites for hydroxylation is 1. The van der Waals surface area contributed by atoms with E-state index in [1.165, 1.54) is 5.56 Å². The van der Waals surface area contributed by atoms with E-state index >= 15 is 0 Å². The molecule has 0 aliphatic rings. The zero-order valence-corrected chi connectivity index (χ0v) is 12.9. The summed E-state index contributed by atoms with van der Waals surface area (Å²) >= 11 is 0. The van der Waals surface area contributed by atoms with Crippen LogP contribution in [0.25, 0.3) is 0 Å². The quantitative estimate of drug-likeness (QED) is 0.939. The molecule has 2 rings (SSSR count). The highest BCUT2D eigenvalue weighted by molar-refractivity contribution is 7.61. The minimum atomic E-state index is -2.70. The van der Waals surface area contributed by atoms with Gasteiger partial charge in [-0.3, -0.25) is 0 Å². The van der Waals surface area contributed by atoms with Crippen molar-refractivity contribution in [3.8, 4) is 0 Å². The number of hydrogen-bond acceptors (Lipinski definition) is 4. The maximum Gasteiger partial charge on any atom is 0.330 e. The van der Waals surface area contributed by atoms with Gasteiger partial charge in [0.25, 0.3) is 0 Å². The predicted molar refractivity (Wildman–Crippen MR) is 84.1 cm³/mol. The first kappa shape index (κ1) is 17.6. The normalized spacial score (nSPS) is 10.8. The smallest absolute Gasteiger partial charge is 0.330 e. The Morgan fingerprint density at radius 3 is 1.91 bits per heavy atom. The molecule has 0 radical (unpaired) electrons. The number of carboxylic acids is 1. The van der Waals surface area contributed by atoms with Crippen LogP contribution in [-0.4, -0.2) is 25.5 Å². The third-order valence-electron chi connectivity index (χ3n) is 2.71. The molecule has 6 heteroatoms. The van der Waals surface area contributed by atoms with Crippen LogP contribution in [0.2, 0.25) is 0 Å². The molecule has 1 atom stereocenters. The fraction of sp³-hybridized carbons (Fsp3) is 0.188. The van der Waals surface area contributed by atoms with E-state index in [0.29, 0.717) is 0 Å². The molecule has 0 aliphatic heterocycles.